The van der Waals surface area contributed by atoms with Crippen molar-refractivity contribution in [2.75, 3.05) is 33.0 Å². The standard InChI is InChI=1S/C22H26N2O3S/c1-17(28-15-18-5-3-2-4-6-18)22(25)24-11-9-23(10-12-24)14-19-7-8-20-21(13-19)27-16-26-20/h2-8,13,17H,9-12,14-16H2,1H3. The minimum Gasteiger partial charge on any atom is -0.454 e. The van der Waals surface area contributed by atoms with Gasteiger partial charge in [0.15, 0.2) is 11.5 Å². The molecule has 28 heavy (non-hydrogen) atoms. The first-order chi connectivity index (χ1) is 13.7. The van der Waals surface area contributed by atoms with Crippen LogP contribution in [0.25, 0.3) is 0 Å². The molecule has 1 atom stereocenters. The van der Waals surface area contributed by atoms with Gasteiger partial charge in [-0.2, -0.15) is 0 Å². The lowest BCUT2D eigenvalue weighted by atomic mass is 10.1. The van der Waals surface area contributed by atoms with Gasteiger partial charge in [0.2, 0.25) is 12.7 Å². The first-order valence-electron chi connectivity index (χ1n) is 9.74. The summed E-state index contributed by atoms with van der Waals surface area (Å²) in [5, 5.41) is -0.0133. The Morgan fingerprint density at radius 1 is 1.00 bits per heavy atom. The summed E-state index contributed by atoms with van der Waals surface area (Å²) in [5.41, 5.74) is 2.48. The van der Waals surface area contributed by atoms with E-state index < -0.39 is 0 Å². The van der Waals surface area contributed by atoms with Crippen molar-refractivity contribution in [1.29, 1.82) is 0 Å². The molecule has 2 heterocycles. The van der Waals surface area contributed by atoms with Crippen LogP contribution in [0, 0.1) is 0 Å². The fourth-order valence-corrected chi connectivity index (χ4v) is 4.47. The normalized spacial score (nSPS) is 17.5. The Morgan fingerprint density at radius 2 is 1.75 bits per heavy atom. The molecule has 1 saturated heterocycles. The molecule has 148 valence electrons. The molecule has 2 aromatic rings. The maximum absolute atomic E-state index is 12.8. The van der Waals surface area contributed by atoms with Gasteiger partial charge in [-0.15, -0.1) is 11.8 Å². The molecule has 5 nitrogen and oxygen atoms in total. The number of carbonyl (C=O) groups is 1. The topological polar surface area (TPSA) is 42.0 Å². The van der Waals surface area contributed by atoms with E-state index in [1.165, 1.54) is 11.1 Å². The molecule has 1 fully saturated rings. The van der Waals surface area contributed by atoms with Crippen LogP contribution in [0.5, 0.6) is 11.5 Å². The van der Waals surface area contributed by atoms with Gasteiger partial charge in [0.25, 0.3) is 0 Å². The summed E-state index contributed by atoms with van der Waals surface area (Å²) in [6.45, 7) is 6.58. The van der Waals surface area contributed by atoms with Gasteiger partial charge in [0, 0.05) is 38.5 Å². The predicted octanol–water partition coefficient (Wildman–Crippen LogP) is 3.38. The number of nitrogens with zero attached hydrogens (tertiary/aromatic N) is 2. The van der Waals surface area contributed by atoms with E-state index in [2.05, 4.69) is 29.2 Å². The van der Waals surface area contributed by atoms with Gasteiger partial charge in [0.05, 0.1) is 5.25 Å². The van der Waals surface area contributed by atoms with Crippen molar-refractivity contribution in [2.24, 2.45) is 0 Å². The second kappa shape index (κ2) is 8.88. The van der Waals surface area contributed by atoms with E-state index in [0.717, 1.165) is 50.0 Å². The maximum Gasteiger partial charge on any atom is 0.235 e. The van der Waals surface area contributed by atoms with Crippen LogP contribution >= 0.6 is 11.8 Å². The molecule has 0 aliphatic carbocycles. The summed E-state index contributed by atoms with van der Waals surface area (Å²) in [7, 11) is 0. The van der Waals surface area contributed by atoms with Crippen LogP contribution in [0.3, 0.4) is 0 Å². The van der Waals surface area contributed by atoms with Gasteiger partial charge in [-0.1, -0.05) is 36.4 Å². The average Bonchev–Trinajstić information content (AvgIpc) is 3.21. The number of benzene rings is 2. The van der Waals surface area contributed by atoms with E-state index in [-0.39, 0.29) is 11.2 Å². The van der Waals surface area contributed by atoms with Crippen molar-refractivity contribution in [1.82, 2.24) is 9.80 Å². The summed E-state index contributed by atoms with van der Waals surface area (Å²) in [6.07, 6.45) is 0. The first-order valence-corrected chi connectivity index (χ1v) is 10.8. The number of hydrogen-bond donors (Lipinski definition) is 0. The number of hydrogen-bond acceptors (Lipinski definition) is 5. The van der Waals surface area contributed by atoms with Crippen LogP contribution in [0.2, 0.25) is 0 Å². The van der Waals surface area contributed by atoms with Crippen LogP contribution in [-0.2, 0) is 17.1 Å². The highest BCUT2D eigenvalue weighted by Crippen LogP contribution is 2.32. The molecule has 0 saturated carbocycles. The lowest BCUT2D eigenvalue weighted by molar-refractivity contribution is -0.132. The largest absolute Gasteiger partial charge is 0.454 e. The zero-order chi connectivity index (χ0) is 19.3. The van der Waals surface area contributed by atoms with E-state index >= 15 is 0 Å². The van der Waals surface area contributed by atoms with Crippen LogP contribution in [0.1, 0.15) is 18.1 Å². The SMILES string of the molecule is CC(SCc1ccccc1)C(=O)N1CCN(Cc2ccc3c(c2)OCO3)CC1. The summed E-state index contributed by atoms with van der Waals surface area (Å²) in [5.74, 6) is 2.78. The van der Waals surface area contributed by atoms with E-state index in [1.807, 2.05) is 36.1 Å². The first kappa shape index (κ1) is 19.2. The molecule has 4 rings (SSSR count). The van der Waals surface area contributed by atoms with Gasteiger partial charge in [-0.25, -0.2) is 0 Å². The zero-order valence-electron chi connectivity index (χ0n) is 16.2. The molecule has 1 amide bonds. The maximum atomic E-state index is 12.8. The van der Waals surface area contributed by atoms with E-state index in [0.29, 0.717) is 6.79 Å². The van der Waals surface area contributed by atoms with Crippen molar-refractivity contribution in [3.8, 4) is 11.5 Å². The highest BCUT2D eigenvalue weighted by Gasteiger charge is 2.25. The van der Waals surface area contributed by atoms with E-state index in [1.54, 1.807) is 11.8 Å². The van der Waals surface area contributed by atoms with Crippen LogP contribution in [-0.4, -0.2) is 53.9 Å². The molecule has 6 heteroatoms. The highest BCUT2D eigenvalue weighted by molar-refractivity contribution is 7.99. The highest BCUT2D eigenvalue weighted by atomic mass is 32.2. The number of fused-ring (bicyclic) bond motifs is 1. The quantitative estimate of drug-likeness (QED) is 0.746. The smallest absolute Gasteiger partial charge is 0.235 e. The van der Waals surface area contributed by atoms with Gasteiger partial charge in [-0.05, 0) is 30.2 Å². The third-order valence-corrected chi connectivity index (χ3v) is 6.42. The van der Waals surface area contributed by atoms with Crippen molar-refractivity contribution < 1.29 is 14.3 Å². The van der Waals surface area contributed by atoms with Crippen molar-refractivity contribution in [2.45, 2.75) is 24.5 Å². The molecule has 2 aliphatic rings. The molecule has 0 N–H and O–H groups in total. The summed E-state index contributed by atoms with van der Waals surface area (Å²) < 4.78 is 10.8. The molecule has 1 unspecified atom stereocenters. The average molecular weight is 399 g/mol. The molecule has 0 bridgehead atoms. The van der Waals surface area contributed by atoms with Crippen molar-refractivity contribution in [3.63, 3.8) is 0 Å². The minimum absolute atomic E-state index is 0.0133. The number of rotatable bonds is 6. The summed E-state index contributed by atoms with van der Waals surface area (Å²) >= 11 is 1.72. The Kier molecular flexibility index (Phi) is 6.07. The number of thioether (sulfide) groups is 1. The lowest BCUT2D eigenvalue weighted by Gasteiger charge is -2.36. The van der Waals surface area contributed by atoms with Crippen molar-refractivity contribution >= 4 is 17.7 Å². The predicted molar refractivity (Wildman–Crippen MR) is 112 cm³/mol. The van der Waals surface area contributed by atoms with Gasteiger partial charge in [0.1, 0.15) is 0 Å². The molecule has 0 spiro atoms. The van der Waals surface area contributed by atoms with E-state index in [9.17, 15) is 4.79 Å². The Morgan fingerprint density at radius 3 is 2.54 bits per heavy atom. The number of carbonyl (C=O) groups excluding carboxylic acids is 1. The Bertz CT molecular complexity index is 807. The van der Waals surface area contributed by atoms with Crippen molar-refractivity contribution in [3.05, 3.63) is 59.7 Å². The molecule has 0 aromatic heterocycles. The molecule has 0 radical (unpaired) electrons. The van der Waals surface area contributed by atoms with Crippen LogP contribution < -0.4 is 9.47 Å². The second-order valence-corrected chi connectivity index (χ2v) is 8.56. The monoisotopic (exact) mass is 398 g/mol. The minimum atomic E-state index is -0.0133. The van der Waals surface area contributed by atoms with Crippen LogP contribution in [0.4, 0.5) is 0 Å². The molecule has 2 aromatic carbocycles. The fraction of sp³-hybridized carbons (Fsp3) is 0.409. The van der Waals surface area contributed by atoms with Gasteiger partial charge >= 0.3 is 0 Å². The Hall–Kier alpha value is -2.18. The second-order valence-electron chi connectivity index (χ2n) is 7.23. The molecule has 2 aliphatic heterocycles. The van der Waals surface area contributed by atoms with E-state index in [4.69, 9.17) is 9.47 Å². The Labute approximate surface area is 170 Å². The van der Waals surface area contributed by atoms with Gasteiger partial charge in [-0.3, -0.25) is 9.69 Å². The van der Waals surface area contributed by atoms with Crippen LogP contribution in [0.15, 0.2) is 48.5 Å². The summed E-state index contributed by atoms with van der Waals surface area (Å²) in [6, 6.07) is 16.5. The molecular weight excluding hydrogens is 372 g/mol. The third kappa shape index (κ3) is 4.62. The number of ether oxygens (including phenoxy) is 2. The molecular formula is C22H26N2O3S. The van der Waals surface area contributed by atoms with Gasteiger partial charge < -0.3 is 14.4 Å². The zero-order valence-corrected chi connectivity index (χ0v) is 17.0. The third-order valence-electron chi connectivity index (χ3n) is 5.22. The lowest BCUT2D eigenvalue weighted by Crippen LogP contribution is -2.50. The fourth-order valence-electron chi connectivity index (χ4n) is 3.55. The number of piperazine rings is 1. The summed E-state index contributed by atoms with van der Waals surface area (Å²) in [4.78, 5) is 17.2. The Balaban J connectivity index is 1.23. The number of amides is 1.